The normalized spacial score (nSPS) is 27.2. The molecular formula is C12H26N2. The van der Waals surface area contributed by atoms with Gasteiger partial charge < -0.3 is 4.90 Å². The van der Waals surface area contributed by atoms with Gasteiger partial charge in [0.1, 0.15) is 0 Å². The van der Waals surface area contributed by atoms with E-state index in [0.29, 0.717) is 5.54 Å². The summed E-state index contributed by atoms with van der Waals surface area (Å²) in [7, 11) is 2.25. The van der Waals surface area contributed by atoms with Crippen molar-refractivity contribution in [1.29, 1.82) is 0 Å². The Labute approximate surface area is 89.3 Å². The van der Waals surface area contributed by atoms with E-state index in [2.05, 4.69) is 51.5 Å². The van der Waals surface area contributed by atoms with Crippen LogP contribution in [0.25, 0.3) is 0 Å². The van der Waals surface area contributed by atoms with E-state index in [0.717, 1.165) is 12.0 Å². The van der Waals surface area contributed by atoms with Crippen molar-refractivity contribution in [3.05, 3.63) is 0 Å². The highest BCUT2D eigenvalue weighted by Gasteiger charge is 2.31. The van der Waals surface area contributed by atoms with E-state index in [1.54, 1.807) is 0 Å². The van der Waals surface area contributed by atoms with Gasteiger partial charge in [0.2, 0.25) is 0 Å². The summed E-state index contributed by atoms with van der Waals surface area (Å²) in [6.45, 7) is 15.2. The lowest BCUT2D eigenvalue weighted by molar-refractivity contribution is 0.0185. The Bertz CT molecular complexity index is 181. The van der Waals surface area contributed by atoms with Crippen LogP contribution in [-0.2, 0) is 0 Å². The van der Waals surface area contributed by atoms with Crippen LogP contribution in [0.5, 0.6) is 0 Å². The topological polar surface area (TPSA) is 6.48 Å². The predicted octanol–water partition coefficient (Wildman–Crippen LogP) is 2.06. The van der Waals surface area contributed by atoms with E-state index >= 15 is 0 Å². The number of hydrogen-bond acceptors (Lipinski definition) is 2. The quantitative estimate of drug-likeness (QED) is 0.636. The molecule has 1 atom stereocenters. The Kier molecular flexibility index (Phi) is 3.59. The molecule has 2 heteroatoms. The summed E-state index contributed by atoms with van der Waals surface area (Å²) < 4.78 is 0. The first-order chi connectivity index (χ1) is 6.32. The number of hydrogen-bond donors (Lipinski definition) is 0. The van der Waals surface area contributed by atoms with Gasteiger partial charge in [-0.05, 0) is 33.7 Å². The molecule has 1 heterocycles. The molecular weight excluding hydrogens is 172 g/mol. The maximum Gasteiger partial charge on any atom is 0.0243 e. The summed E-state index contributed by atoms with van der Waals surface area (Å²) in [4.78, 5) is 5.12. The van der Waals surface area contributed by atoms with E-state index in [1.807, 2.05) is 0 Å². The van der Waals surface area contributed by atoms with E-state index in [4.69, 9.17) is 0 Å². The highest BCUT2D eigenvalue weighted by atomic mass is 15.3. The maximum atomic E-state index is 2.61. The van der Waals surface area contributed by atoms with Crippen LogP contribution < -0.4 is 0 Å². The maximum absolute atomic E-state index is 2.61. The zero-order valence-electron chi connectivity index (χ0n) is 10.7. The van der Waals surface area contributed by atoms with Gasteiger partial charge in [-0.1, -0.05) is 13.8 Å². The predicted molar refractivity (Wildman–Crippen MR) is 62.6 cm³/mol. The summed E-state index contributed by atoms with van der Waals surface area (Å²) >= 11 is 0. The van der Waals surface area contributed by atoms with Gasteiger partial charge in [0.05, 0.1) is 0 Å². The Morgan fingerprint density at radius 3 is 2.14 bits per heavy atom. The van der Waals surface area contributed by atoms with Crippen molar-refractivity contribution in [2.24, 2.45) is 5.92 Å². The van der Waals surface area contributed by atoms with Gasteiger partial charge in [-0.25, -0.2) is 0 Å². The Morgan fingerprint density at radius 1 is 1.14 bits per heavy atom. The van der Waals surface area contributed by atoms with Crippen molar-refractivity contribution in [3.8, 4) is 0 Å². The van der Waals surface area contributed by atoms with Gasteiger partial charge in [0, 0.05) is 31.2 Å². The van der Waals surface area contributed by atoms with Gasteiger partial charge in [-0.2, -0.15) is 0 Å². The number of nitrogens with zero attached hydrogens (tertiary/aromatic N) is 2. The fourth-order valence-corrected chi connectivity index (χ4v) is 2.23. The molecule has 0 radical (unpaired) electrons. The number of rotatable bonds is 1. The van der Waals surface area contributed by atoms with Crippen LogP contribution in [0.3, 0.4) is 0 Å². The largest absolute Gasteiger partial charge is 0.301 e. The van der Waals surface area contributed by atoms with Gasteiger partial charge in [0.25, 0.3) is 0 Å². The molecule has 1 unspecified atom stereocenters. The van der Waals surface area contributed by atoms with E-state index in [-0.39, 0.29) is 0 Å². The van der Waals surface area contributed by atoms with Crippen molar-refractivity contribution >= 4 is 0 Å². The van der Waals surface area contributed by atoms with Crippen LogP contribution in [0.4, 0.5) is 0 Å². The van der Waals surface area contributed by atoms with Crippen LogP contribution in [0, 0.1) is 5.92 Å². The second kappa shape index (κ2) is 4.19. The molecule has 1 saturated heterocycles. The molecule has 0 bridgehead atoms. The van der Waals surface area contributed by atoms with Gasteiger partial charge in [-0.15, -0.1) is 0 Å². The van der Waals surface area contributed by atoms with Crippen LogP contribution >= 0.6 is 0 Å². The highest BCUT2D eigenvalue weighted by molar-refractivity contribution is 4.87. The van der Waals surface area contributed by atoms with Crippen molar-refractivity contribution < 1.29 is 0 Å². The minimum atomic E-state index is 0.328. The molecule has 14 heavy (non-hydrogen) atoms. The molecule has 0 aliphatic carbocycles. The SMILES string of the molecule is CC(C)C1CN(C(C)(C)C)CCN1C. The first-order valence-electron chi connectivity index (χ1n) is 5.77. The van der Waals surface area contributed by atoms with Crippen molar-refractivity contribution in [2.75, 3.05) is 26.7 Å². The molecule has 1 rings (SSSR count). The molecule has 0 amide bonds. The zero-order valence-corrected chi connectivity index (χ0v) is 10.7. The Balaban J connectivity index is 2.62. The molecule has 0 aromatic carbocycles. The molecule has 0 saturated carbocycles. The van der Waals surface area contributed by atoms with Crippen LogP contribution in [0.1, 0.15) is 34.6 Å². The summed E-state index contributed by atoms with van der Waals surface area (Å²) in [5.41, 5.74) is 0.328. The van der Waals surface area contributed by atoms with Crippen LogP contribution in [0.15, 0.2) is 0 Å². The highest BCUT2D eigenvalue weighted by Crippen LogP contribution is 2.21. The second-order valence-corrected chi connectivity index (χ2v) is 5.91. The minimum Gasteiger partial charge on any atom is -0.301 e. The average molecular weight is 198 g/mol. The average Bonchev–Trinajstić information content (AvgIpc) is 2.02. The molecule has 1 aliphatic rings. The second-order valence-electron chi connectivity index (χ2n) is 5.91. The number of likely N-dealkylation sites (N-methyl/N-ethyl adjacent to an activating group) is 1. The molecule has 0 aromatic heterocycles. The van der Waals surface area contributed by atoms with E-state index < -0.39 is 0 Å². The third-order valence-electron chi connectivity index (χ3n) is 3.41. The van der Waals surface area contributed by atoms with Crippen molar-refractivity contribution in [3.63, 3.8) is 0 Å². The first-order valence-corrected chi connectivity index (χ1v) is 5.77. The first kappa shape index (κ1) is 12.0. The van der Waals surface area contributed by atoms with E-state index in [9.17, 15) is 0 Å². The van der Waals surface area contributed by atoms with Crippen LogP contribution in [0.2, 0.25) is 0 Å². The lowest BCUT2D eigenvalue weighted by Gasteiger charge is -2.47. The van der Waals surface area contributed by atoms with Crippen molar-refractivity contribution in [1.82, 2.24) is 9.80 Å². The summed E-state index contributed by atoms with van der Waals surface area (Å²) in [5.74, 6) is 0.755. The van der Waals surface area contributed by atoms with Gasteiger partial charge in [-0.3, -0.25) is 4.90 Å². The number of piperazine rings is 1. The standard InChI is InChI=1S/C12H26N2/c1-10(2)11-9-14(12(3,4)5)8-7-13(11)6/h10-11H,7-9H2,1-6H3. The Morgan fingerprint density at radius 2 is 1.71 bits per heavy atom. The lowest BCUT2D eigenvalue weighted by Crippen LogP contribution is -2.58. The molecule has 0 spiro atoms. The van der Waals surface area contributed by atoms with Crippen molar-refractivity contribution in [2.45, 2.75) is 46.2 Å². The van der Waals surface area contributed by atoms with Gasteiger partial charge in [0.15, 0.2) is 0 Å². The summed E-state index contributed by atoms with van der Waals surface area (Å²) in [6, 6.07) is 0.725. The molecule has 1 fully saturated rings. The fraction of sp³-hybridized carbons (Fsp3) is 1.00. The monoisotopic (exact) mass is 198 g/mol. The Hall–Kier alpha value is -0.0800. The molecule has 2 nitrogen and oxygen atoms in total. The van der Waals surface area contributed by atoms with E-state index in [1.165, 1.54) is 19.6 Å². The summed E-state index contributed by atoms with van der Waals surface area (Å²) in [6.07, 6.45) is 0. The third kappa shape index (κ3) is 2.71. The summed E-state index contributed by atoms with van der Waals surface area (Å²) in [5, 5.41) is 0. The fourth-order valence-electron chi connectivity index (χ4n) is 2.23. The minimum absolute atomic E-state index is 0.328. The molecule has 1 aliphatic heterocycles. The smallest absolute Gasteiger partial charge is 0.0243 e. The third-order valence-corrected chi connectivity index (χ3v) is 3.41. The zero-order chi connectivity index (χ0) is 10.9. The van der Waals surface area contributed by atoms with Crippen LogP contribution in [-0.4, -0.2) is 48.1 Å². The van der Waals surface area contributed by atoms with Gasteiger partial charge >= 0.3 is 0 Å². The lowest BCUT2D eigenvalue weighted by atomic mass is 9.96. The molecule has 0 aromatic rings. The molecule has 0 N–H and O–H groups in total. The molecule has 84 valence electrons.